The van der Waals surface area contributed by atoms with Gasteiger partial charge in [-0.25, -0.2) is 0 Å². The summed E-state index contributed by atoms with van der Waals surface area (Å²) in [6.07, 6.45) is 0. The van der Waals surface area contributed by atoms with Gasteiger partial charge < -0.3 is 15.8 Å². The average molecular weight is 173 g/mol. The molecule has 0 fully saturated rings. The molecule has 0 aliphatic rings. The van der Waals surface area contributed by atoms with E-state index in [1.165, 1.54) is 0 Å². The van der Waals surface area contributed by atoms with Gasteiger partial charge in [-0.2, -0.15) is 0 Å². The van der Waals surface area contributed by atoms with Crippen molar-refractivity contribution < 1.29 is 4.74 Å². The normalized spacial score (nSPS) is 14.9. The first kappa shape index (κ1) is 11.2. The SMILES string of the molecule is CN=C(N)NC(COC)C(C)C. The molecule has 0 aromatic carbocycles. The second kappa shape index (κ2) is 5.83. The summed E-state index contributed by atoms with van der Waals surface area (Å²) in [6.45, 7) is 4.87. The Morgan fingerprint density at radius 1 is 1.58 bits per heavy atom. The van der Waals surface area contributed by atoms with E-state index in [9.17, 15) is 0 Å². The smallest absolute Gasteiger partial charge is 0.188 e. The van der Waals surface area contributed by atoms with Crippen molar-refractivity contribution in [2.75, 3.05) is 20.8 Å². The summed E-state index contributed by atoms with van der Waals surface area (Å²) in [7, 11) is 3.34. The van der Waals surface area contributed by atoms with E-state index < -0.39 is 0 Å². The third-order valence-electron chi connectivity index (χ3n) is 1.73. The number of hydrogen-bond donors (Lipinski definition) is 2. The van der Waals surface area contributed by atoms with E-state index in [0.29, 0.717) is 18.5 Å². The van der Waals surface area contributed by atoms with Crippen molar-refractivity contribution in [1.29, 1.82) is 0 Å². The Morgan fingerprint density at radius 3 is 2.50 bits per heavy atom. The molecule has 0 aliphatic carbocycles. The summed E-state index contributed by atoms with van der Waals surface area (Å²) in [5, 5.41) is 3.07. The van der Waals surface area contributed by atoms with Crippen LogP contribution in [-0.4, -0.2) is 32.8 Å². The van der Waals surface area contributed by atoms with Crippen LogP contribution in [-0.2, 0) is 4.74 Å². The summed E-state index contributed by atoms with van der Waals surface area (Å²) < 4.78 is 5.04. The largest absolute Gasteiger partial charge is 0.383 e. The van der Waals surface area contributed by atoms with Gasteiger partial charge in [0.15, 0.2) is 5.96 Å². The molecule has 3 N–H and O–H groups in total. The molecule has 4 nitrogen and oxygen atoms in total. The van der Waals surface area contributed by atoms with Crippen LogP contribution in [0.3, 0.4) is 0 Å². The van der Waals surface area contributed by atoms with Gasteiger partial charge in [0.2, 0.25) is 0 Å². The lowest BCUT2D eigenvalue weighted by Crippen LogP contribution is -2.45. The zero-order valence-electron chi connectivity index (χ0n) is 8.29. The van der Waals surface area contributed by atoms with Gasteiger partial charge in [0.05, 0.1) is 12.6 Å². The number of ether oxygens (including phenoxy) is 1. The summed E-state index contributed by atoms with van der Waals surface area (Å²) >= 11 is 0. The fourth-order valence-electron chi connectivity index (χ4n) is 0.835. The number of guanidine groups is 1. The molecule has 0 radical (unpaired) electrons. The number of nitrogens with two attached hydrogens (primary N) is 1. The van der Waals surface area contributed by atoms with E-state index in [4.69, 9.17) is 10.5 Å². The maximum atomic E-state index is 5.53. The van der Waals surface area contributed by atoms with Gasteiger partial charge in [0.1, 0.15) is 0 Å². The predicted molar refractivity (Wildman–Crippen MR) is 51.2 cm³/mol. The maximum Gasteiger partial charge on any atom is 0.188 e. The van der Waals surface area contributed by atoms with Crippen molar-refractivity contribution in [2.45, 2.75) is 19.9 Å². The van der Waals surface area contributed by atoms with Gasteiger partial charge in [-0.15, -0.1) is 0 Å². The van der Waals surface area contributed by atoms with E-state index in [1.807, 2.05) is 0 Å². The van der Waals surface area contributed by atoms with Crippen LogP contribution >= 0.6 is 0 Å². The van der Waals surface area contributed by atoms with E-state index in [-0.39, 0.29) is 6.04 Å². The maximum absolute atomic E-state index is 5.53. The third-order valence-corrected chi connectivity index (χ3v) is 1.73. The molecule has 72 valence electrons. The Kier molecular flexibility index (Phi) is 5.45. The fourth-order valence-corrected chi connectivity index (χ4v) is 0.835. The Labute approximate surface area is 74.2 Å². The summed E-state index contributed by atoms with van der Waals surface area (Å²) in [5.74, 6) is 0.941. The highest BCUT2D eigenvalue weighted by Gasteiger charge is 2.12. The molecule has 12 heavy (non-hydrogen) atoms. The van der Waals surface area contributed by atoms with Gasteiger partial charge >= 0.3 is 0 Å². The van der Waals surface area contributed by atoms with Crippen molar-refractivity contribution in [3.63, 3.8) is 0 Å². The van der Waals surface area contributed by atoms with E-state index in [1.54, 1.807) is 14.2 Å². The van der Waals surface area contributed by atoms with Crippen molar-refractivity contribution >= 4 is 5.96 Å². The Hall–Kier alpha value is -0.770. The number of nitrogens with zero attached hydrogens (tertiary/aromatic N) is 1. The number of nitrogens with one attached hydrogen (secondary N) is 1. The minimum absolute atomic E-state index is 0.235. The van der Waals surface area contributed by atoms with E-state index in [2.05, 4.69) is 24.2 Å². The quantitative estimate of drug-likeness (QED) is 0.471. The molecule has 0 amide bonds. The van der Waals surface area contributed by atoms with Crippen LogP contribution in [0.5, 0.6) is 0 Å². The zero-order chi connectivity index (χ0) is 9.56. The molecular formula is C8H19N3O. The van der Waals surface area contributed by atoms with Gasteiger partial charge in [-0.3, -0.25) is 4.99 Å². The van der Waals surface area contributed by atoms with Gasteiger partial charge in [0.25, 0.3) is 0 Å². The number of methoxy groups -OCH3 is 1. The van der Waals surface area contributed by atoms with Crippen LogP contribution in [0.15, 0.2) is 4.99 Å². The molecule has 0 aliphatic heterocycles. The molecular weight excluding hydrogens is 154 g/mol. The number of rotatable bonds is 4. The van der Waals surface area contributed by atoms with Crippen LogP contribution in [0.4, 0.5) is 0 Å². The van der Waals surface area contributed by atoms with Crippen LogP contribution in [0, 0.1) is 5.92 Å². The average Bonchev–Trinajstić information content (AvgIpc) is 2.03. The van der Waals surface area contributed by atoms with Crippen molar-refractivity contribution in [3.05, 3.63) is 0 Å². The van der Waals surface area contributed by atoms with E-state index in [0.717, 1.165) is 0 Å². The van der Waals surface area contributed by atoms with Crippen LogP contribution in [0.25, 0.3) is 0 Å². The first-order valence-corrected chi connectivity index (χ1v) is 4.09. The molecule has 0 saturated heterocycles. The minimum Gasteiger partial charge on any atom is -0.383 e. The first-order chi connectivity index (χ1) is 5.61. The van der Waals surface area contributed by atoms with Crippen molar-refractivity contribution in [2.24, 2.45) is 16.6 Å². The van der Waals surface area contributed by atoms with Gasteiger partial charge in [-0.1, -0.05) is 13.8 Å². The summed E-state index contributed by atoms with van der Waals surface area (Å²) in [6, 6.07) is 0.235. The first-order valence-electron chi connectivity index (χ1n) is 4.09. The molecule has 0 saturated carbocycles. The molecule has 1 atom stereocenters. The lowest BCUT2D eigenvalue weighted by molar-refractivity contribution is 0.156. The number of aliphatic imine (C=N–C) groups is 1. The van der Waals surface area contributed by atoms with Gasteiger partial charge in [0, 0.05) is 14.2 Å². The lowest BCUT2D eigenvalue weighted by atomic mass is 10.1. The van der Waals surface area contributed by atoms with Gasteiger partial charge in [-0.05, 0) is 5.92 Å². The summed E-state index contributed by atoms with van der Waals surface area (Å²) in [5.41, 5.74) is 5.53. The van der Waals surface area contributed by atoms with Crippen molar-refractivity contribution in [1.82, 2.24) is 5.32 Å². The van der Waals surface area contributed by atoms with Crippen LogP contribution in [0.2, 0.25) is 0 Å². The van der Waals surface area contributed by atoms with E-state index >= 15 is 0 Å². The molecule has 0 bridgehead atoms. The predicted octanol–water partition coefficient (Wildman–Crippen LogP) is 0.192. The highest BCUT2D eigenvalue weighted by molar-refractivity contribution is 5.77. The topological polar surface area (TPSA) is 59.6 Å². The highest BCUT2D eigenvalue weighted by atomic mass is 16.5. The zero-order valence-corrected chi connectivity index (χ0v) is 8.29. The molecule has 0 aromatic heterocycles. The molecule has 0 spiro atoms. The lowest BCUT2D eigenvalue weighted by Gasteiger charge is -2.21. The standard InChI is InChI=1S/C8H19N3O/c1-6(2)7(5-12-4)11-8(9)10-3/h6-7H,5H2,1-4H3,(H3,9,10,11). The molecule has 0 aromatic rings. The second-order valence-corrected chi connectivity index (χ2v) is 3.06. The number of hydrogen-bond acceptors (Lipinski definition) is 2. The second-order valence-electron chi connectivity index (χ2n) is 3.06. The fraction of sp³-hybridized carbons (Fsp3) is 0.875. The molecule has 4 heteroatoms. The molecule has 0 heterocycles. The Morgan fingerprint density at radius 2 is 2.17 bits per heavy atom. The van der Waals surface area contributed by atoms with Crippen LogP contribution in [0.1, 0.15) is 13.8 Å². The highest BCUT2D eigenvalue weighted by Crippen LogP contribution is 2.00. The summed E-state index contributed by atoms with van der Waals surface area (Å²) in [4.78, 5) is 3.82. The van der Waals surface area contributed by atoms with Crippen LogP contribution < -0.4 is 11.1 Å². The monoisotopic (exact) mass is 173 g/mol. The Bertz CT molecular complexity index is 145. The Balaban J connectivity index is 3.95. The molecule has 1 unspecified atom stereocenters. The third kappa shape index (κ3) is 4.18. The molecule has 0 rings (SSSR count). The van der Waals surface area contributed by atoms with Crippen molar-refractivity contribution in [3.8, 4) is 0 Å². The minimum atomic E-state index is 0.235.